The molecule has 0 saturated heterocycles. The van der Waals surface area contributed by atoms with E-state index in [1.54, 1.807) is 60.3 Å². The monoisotopic (exact) mass is 580 g/mol. The van der Waals surface area contributed by atoms with Crippen LogP contribution in [0.4, 0.5) is 4.39 Å². The molecule has 210 valence electrons. The highest BCUT2D eigenvalue weighted by atomic mass is 32.2. The number of rotatable bonds is 10. The van der Waals surface area contributed by atoms with Crippen LogP contribution < -0.4 is 5.32 Å². The van der Waals surface area contributed by atoms with Crippen molar-refractivity contribution in [3.05, 3.63) is 101 Å². The van der Waals surface area contributed by atoms with Crippen LogP contribution in [0.1, 0.15) is 70.6 Å². The van der Waals surface area contributed by atoms with E-state index >= 15 is 0 Å². The van der Waals surface area contributed by atoms with Gasteiger partial charge in [-0.2, -0.15) is 0 Å². The molecule has 1 heterocycles. The van der Waals surface area contributed by atoms with E-state index < -0.39 is 17.8 Å². The Kier molecular flexibility index (Phi) is 11.5. The van der Waals surface area contributed by atoms with Crippen LogP contribution in [-0.2, 0) is 12.2 Å². The minimum absolute atomic E-state index is 0.0115. The van der Waals surface area contributed by atoms with Crippen molar-refractivity contribution in [3.63, 3.8) is 0 Å². The summed E-state index contributed by atoms with van der Waals surface area (Å²) in [6.07, 6.45) is 1.24. The van der Waals surface area contributed by atoms with E-state index in [-0.39, 0.29) is 23.0 Å². The summed E-state index contributed by atoms with van der Waals surface area (Å²) in [4.78, 5) is 30.6. The standard InChI is InChI=1S/C29H28FN2O4PS.C2H6/c1-2-20(13-17-3-8-21(33)9-4-17)31-28(34)26-15-24(29(35)36)23-14-18(5-12-25(23)32-26)16-38-22-10-6-19(7-11-22)27(30)37;1-2/h3-12,14-15,20,27,33H,2,13,16,37H2,1H3,(H,31,34)(H,35,36);1-2H3. The van der Waals surface area contributed by atoms with Gasteiger partial charge in [-0.05, 0) is 72.0 Å². The van der Waals surface area contributed by atoms with Gasteiger partial charge in [0.25, 0.3) is 5.91 Å². The quantitative estimate of drug-likeness (QED) is 0.132. The third-order valence-electron chi connectivity index (χ3n) is 6.19. The number of nitrogens with zero attached hydrogens (tertiary/aromatic N) is 1. The van der Waals surface area contributed by atoms with Gasteiger partial charge in [0.15, 0.2) is 0 Å². The van der Waals surface area contributed by atoms with E-state index in [2.05, 4.69) is 19.5 Å². The van der Waals surface area contributed by atoms with Crippen LogP contribution in [0.3, 0.4) is 0 Å². The van der Waals surface area contributed by atoms with E-state index in [4.69, 9.17) is 0 Å². The molecule has 0 fully saturated rings. The molecule has 0 saturated carbocycles. The van der Waals surface area contributed by atoms with Crippen molar-refractivity contribution < 1.29 is 24.2 Å². The number of benzene rings is 3. The molecule has 0 spiro atoms. The number of carbonyl (C=O) groups is 2. The highest BCUT2D eigenvalue weighted by molar-refractivity contribution is 7.98. The molecule has 0 bridgehead atoms. The maximum absolute atomic E-state index is 13.4. The summed E-state index contributed by atoms with van der Waals surface area (Å²) < 4.78 is 13.4. The molecule has 3 aromatic carbocycles. The third-order valence-corrected chi connectivity index (χ3v) is 7.65. The van der Waals surface area contributed by atoms with Crippen LogP contribution in [-0.4, -0.2) is 33.1 Å². The first-order chi connectivity index (χ1) is 19.2. The van der Waals surface area contributed by atoms with Gasteiger partial charge >= 0.3 is 5.97 Å². The first kappa shape index (κ1) is 31.1. The van der Waals surface area contributed by atoms with Gasteiger partial charge in [0.1, 0.15) is 17.4 Å². The van der Waals surface area contributed by atoms with Gasteiger partial charge < -0.3 is 15.5 Å². The number of carbonyl (C=O) groups excluding carboxylic acids is 1. The fourth-order valence-corrected chi connectivity index (χ4v) is 5.11. The topological polar surface area (TPSA) is 99.5 Å². The molecule has 1 amide bonds. The van der Waals surface area contributed by atoms with Gasteiger partial charge in [-0.25, -0.2) is 14.2 Å². The number of halogens is 1. The predicted molar refractivity (Wildman–Crippen MR) is 163 cm³/mol. The number of carboxylic acids is 1. The van der Waals surface area contributed by atoms with Crippen LogP contribution in [0.25, 0.3) is 10.9 Å². The number of hydrogen-bond donors (Lipinski definition) is 3. The largest absolute Gasteiger partial charge is 0.508 e. The number of nitrogens with one attached hydrogen (secondary N) is 1. The number of pyridine rings is 1. The lowest BCUT2D eigenvalue weighted by atomic mass is 10.0. The first-order valence-electron chi connectivity index (χ1n) is 13.1. The Hall–Kier alpha value is -3.48. The van der Waals surface area contributed by atoms with Crippen molar-refractivity contribution in [2.24, 2.45) is 0 Å². The molecule has 0 aliphatic carbocycles. The second kappa shape index (κ2) is 14.8. The van der Waals surface area contributed by atoms with Crippen molar-refractivity contribution in [2.45, 2.75) is 56.2 Å². The molecule has 1 aromatic heterocycles. The molecule has 4 aromatic rings. The average molecular weight is 581 g/mol. The number of hydrogen-bond acceptors (Lipinski definition) is 5. The van der Waals surface area contributed by atoms with Gasteiger partial charge in [0.05, 0.1) is 11.1 Å². The molecular formula is C31H34FN2O4PS. The number of amides is 1. The lowest BCUT2D eigenvalue weighted by Crippen LogP contribution is -2.36. The highest BCUT2D eigenvalue weighted by Gasteiger charge is 2.19. The number of carboxylic acid groups (broad SMARTS) is 1. The summed E-state index contributed by atoms with van der Waals surface area (Å²) in [6, 6.07) is 20.5. The van der Waals surface area contributed by atoms with E-state index in [1.165, 1.54) is 6.07 Å². The maximum Gasteiger partial charge on any atom is 0.336 e. The Labute approximate surface area is 240 Å². The number of thioether (sulfide) groups is 1. The number of aromatic hydroxyl groups is 1. The Bertz CT molecular complexity index is 1450. The second-order valence-corrected chi connectivity index (χ2v) is 10.6. The van der Waals surface area contributed by atoms with Gasteiger partial charge in [-0.3, -0.25) is 4.79 Å². The van der Waals surface area contributed by atoms with Crippen LogP contribution in [0.5, 0.6) is 5.75 Å². The molecule has 40 heavy (non-hydrogen) atoms. The van der Waals surface area contributed by atoms with Gasteiger partial charge in [-0.15, -0.1) is 11.8 Å². The van der Waals surface area contributed by atoms with Crippen molar-refractivity contribution in [3.8, 4) is 5.75 Å². The maximum atomic E-state index is 13.4. The summed E-state index contributed by atoms with van der Waals surface area (Å²) in [6.45, 7) is 5.95. The fourth-order valence-electron chi connectivity index (χ4n) is 4.04. The van der Waals surface area contributed by atoms with E-state index in [0.717, 1.165) is 16.0 Å². The number of aromatic nitrogens is 1. The molecular weight excluding hydrogens is 546 g/mol. The van der Waals surface area contributed by atoms with Crippen molar-refractivity contribution in [1.29, 1.82) is 0 Å². The minimum atomic E-state index is -1.14. The first-order valence-corrected chi connectivity index (χ1v) is 14.8. The van der Waals surface area contributed by atoms with Crippen LogP contribution in [0, 0.1) is 0 Å². The van der Waals surface area contributed by atoms with Crippen LogP contribution in [0.2, 0.25) is 0 Å². The average Bonchev–Trinajstić information content (AvgIpc) is 2.97. The Morgan fingerprint density at radius 2 is 1.65 bits per heavy atom. The van der Waals surface area contributed by atoms with E-state index in [0.29, 0.717) is 35.1 Å². The Morgan fingerprint density at radius 3 is 2.25 bits per heavy atom. The van der Waals surface area contributed by atoms with E-state index in [1.807, 2.05) is 39.0 Å². The van der Waals surface area contributed by atoms with Crippen LogP contribution in [0.15, 0.2) is 77.7 Å². The summed E-state index contributed by atoms with van der Waals surface area (Å²) in [7, 11) is 2.13. The Morgan fingerprint density at radius 1 is 1.00 bits per heavy atom. The van der Waals surface area contributed by atoms with Crippen LogP contribution >= 0.6 is 21.0 Å². The van der Waals surface area contributed by atoms with Crippen molar-refractivity contribution >= 4 is 43.8 Å². The predicted octanol–water partition coefficient (Wildman–Crippen LogP) is 7.55. The zero-order valence-corrected chi connectivity index (χ0v) is 24.7. The molecule has 9 heteroatoms. The molecule has 3 unspecified atom stereocenters. The summed E-state index contributed by atoms with van der Waals surface area (Å²) >= 11 is 1.56. The lowest BCUT2D eigenvalue weighted by molar-refractivity contribution is 0.0699. The zero-order valence-electron chi connectivity index (χ0n) is 22.7. The Balaban J connectivity index is 0.00000216. The zero-order chi connectivity index (χ0) is 29.2. The summed E-state index contributed by atoms with van der Waals surface area (Å²) in [5.74, 6) is -1.91. The van der Waals surface area contributed by atoms with Crippen molar-refractivity contribution in [2.75, 3.05) is 0 Å². The second-order valence-electron chi connectivity index (χ2n) is 8.92. The SMILES string of the molecule is CC.CCC(Cc1ccc(O)cc1)NC(=O)c1cc(C(=O)O)c2cc(CSc3ccc(C(F)P)cc3)ccc2n1. The molecule has 3 N–H and O–H groups in total. The smallest absolute Gasteiger partial charge is 0.336 e. The number of phenols is 1. The number of aromatic carboxylic acids is 1. The molecule has 0 aliphatic rings. The van der Waals surface area contributed by atoms with Crippen molar-refractivity contribution in [1.82, 2.24) is 10.3 Å². The normalized spacial score (nSPS) is 12.2. The summed E-state index contributed by atoms with van der Waals surface area (Å²) in [5.41, 5.74) is 2.94. The minimum Gasteiger partial charge on any atom is -0.508 e. The van der Waals surface area contributed by atoms with Gasteiger partial charge in [0, 0.05) is 22.1 Å². The molecule has 0 radical (unpaired) electrons. The molecule has 3 atom stereocenters. The highest BCUT2D eigenvalue weighted by Crippen LogP contribution is 2.29. The lowest BCUT2D eigenvalue weighted by Gasteiger charge is -2.17. The third kappa shape index (κ3) is 8.26. The molecule has 4 rings (SSSR count). The molecule has 0 aliphatic heterocycles. The van der Waals surface area contributed by atoms with Gasteiger partial charge in [0.2, 0.25) is 0 Å². The molecule has 6 nitrogen and oxygen atoms in total. The number of phenolic OH excluding ortho intramolecular Hbond substituents is 1. The van der Waals surface area contributed by atoms with Gasteiger partial charge in [-0.1, -0.05) is 60.3 Å². The van der Waals surface area contributed by atoms with E-state index in [9.17, 15) is 24.2 Å². The number of alkyl halides is 1. The number of fused-ring (bicyclic) bond motifs is 1. The fraction of sp³-hybridized carbons (Fsp3) is 0.258. The summed E-state index contributed by atoms with van der Waals surface area (Å²) in [5, 5.41) is 22.8.